The number of rotatable bonds is 8. The summed E-state index contributed by atoms with van der Waals surface area (Å²) in [6.07, 6.45) is 3.92. The first-order valence-corrected chi connectivity index (χ1v) is 12.3. The molecular weight excluding hydrogens is 484 g/mol. The van der Waals surface area contributed by atoms with Crippen LogP contribution in [0, 0.1) is 6.92 Å². The summed E-state index contributed by atoms with van der Waals surface area (Å²) in [5.41, 5.74) is 2.55. The van der Waals surface area contributed by atoms with Gasteiger partial charge in [0.05, 0.1) is 24.7 Å². The molecule has 0 spiro atoms. The molecule has 3 heterocycles. The lowest BCUT2D eigenvalue weighted by molar-refractivity contribution is -0.122. The van der Waals surface area contributed by atoms with Crippen LogP contribution in [-0.4, -0.2) is 51.8 Å². The van der Waals surface area contributed by atoms with E-state index in [0.29, 0.717) is 57.3 Å². The highest BCUT2D eigenvalue weighted by atomic mass is 32.2. The molecule has 2 aromatic heterocycles. The van der Waals surface area contributed by atoms with Crippen molar-refractivity contribution in [2.75, 3.05) is 32.6 Å². The zero-order valence-corrected chi connectivity index (χ0v) is 21.6. The third-order valence-electron chi connectivity index (χ3n) is 5.57. The Balaban J connectivity index is 1.62. The lowest BCUT2D eigenvalue weighted by Crippen LogP contribution is -2.30. The normalized spacial score (nSPS) is 14.7. The van der Waals surface area contributed by atoms with Crippen LogP contribution >= 0.6 is 24.0 Å². The van der Waals surface area contributed by atoms with E-state index < -0.39 is 0 Å². The van der Waals surface area contributed by atoms with Crippen molar-refractivity contribution in [3.05, 3.63) is 68.5 Å². The Morgan fingerprint density at radius 3 is 2.63 bits per heavy atom. The third-order valence-corrected chi connectivity index (χ3v) is 6.95. The lowest BCUT2D eigenvalue weighted by atomic mass is 10.1. The number of methoxy groups -OCH3 is 2. The van der Waals surface area contributed by atoms with E-state index in [2.05, 4.69) is 10.3 Å². The van der Waals surface area contributed by atoms with E-state index >= 15 is 0 Å². The van der Waals surface area contributed by atoms with Crippen molar-refractivity contribution in [2.24, 2.45) is 0 Å². The molecule has 1 fully saturated rings. The predicted molar refractivity (Wildman–Crippen MR) is 143 cm³/mol. The summed E-state index contributed by atoms with van der Waals surface area (Å²) >= 11 is 6.68. The zero-order chi connectivity index (χ0) is 25.1. The van der Waals surface area contributed by atoms with Crippen LogP contribution in [0.1, 0.15) is 23.6 Å². The van der Waals surface area contributed by atoms with Crippen molar-refractivity contribution in [3.8, 4) is 11.5 Å². The fraction of sp³-hybridized carbons (Fsp3) is 0.280. The first-order chi connectivity index (χ1) is 16.9. The van der Waals surface area contributed by atoms with Gasteiger partial charge in [0.1, 0.15) is 15.8 Å². The van der Waals surface area contributed by atoms with Gasteiger partial charge in [0.25, 0.3) is 11.5 Å². The molecule has 1 aliphatic rings. The average molecular weight is 511 g/mol. The molecule has 0 unspecified atom stereocenters. The highest BCUT2D eigenvalue weighted by Crippen LogP contribution is 2.34. The first kappa shape index (κ1) is 24.7. The highest BCUT2D eigenvalue weighted by Gasteiger charge is 2.32. The Hall–Kier alpha value is -3.37. The van der Waals surface area contributed by atoms with Gasteiger partial charge >= 0.3 is 0 Å². The number of hydrogen-bond donors (Lipinski definition) is 1. The molecule has 1 aliphatic heterocycles. The van der Waals surface area contributed by atoms with E-state index in [1.165, 1.54) is 16.2 Å². The number of aromatic nitrogens is 2. The van der Waals surface area contributed by atoms with Gasteiger partial charge in [0.2, 0.25) is 0 Å². The summed E-state index contributed by atoms with van der Waals surface area (Å²) < 4.78 is 12.6. The first-order valence-electron chi connectivity index (χ1n) is 11.1. The molecule has 182 valence electrons. The number of fused-ring (bicyclic) bond motifs is 1. The molecule has 1 saturated heterocycles. The number of anilines is 1. The second kappa shape index (κ2) is 10.5. The quantitative estimate of drug-likeness (QED) is 0.361. The van der Waals surface area contributed by atoms with Gasteiger partial charge < -0.3 is 14.8 Å². The molecule has 0 radical (unpaired) electrons. The number of thioether (sulfide) groups is 1. The van der Waals surface area contributed by atoms with Crippen molar-refractivity contribution < 1.29 is 14.3 Å². The van der Waals surface area contributed by atoms with E-state index in [1.807, 2.05) is 38.1 Å². The number of aryl methyl sites for hydroxylation is 1. The van der Waals surface area contributed by atoms with Crippen molar-refractivity contribution in [1.82, 2.24) is 14.3 Å². The summed E-state index contributed by atoms with van der Waals surface area (Å²) in [7, 11) is 3.17. The van der Waals surface area contributed by atoms with Crippen LogP contribution in [0.4, 0.5) is 5.82 Å². The van der Waals surface area contributed by atoms with Crippen LogP contribution in [-0.2, 0) is 11.2 Å². The van der Waals surface area contributed by atoms with Gasteiger partial charge in [-0.2, -0.15) is 0 Å². The van der Waals surface area contributed by atoms with E-state index in [-0.39, 0.29) is 11.5 Å². The van der Waals surface area contributed by atoms with Crippen LogP contribution < -0.4 is 20.3 Å². The number of thiocarbonyl (C=S) groups is 1. The molecule has 0 bridgehead atoms. The molecule has 0 saturated carbocycles. The standard InChI is InChI=1S/C25H26N4O4S2/c1-5-26-22-17(23(30)29-14-15(2)6-9-21(29)27-22)13-20-24(31)28(25(34)35-20)11-10-16-7-8-18(32-3)19(12-16)33-4/h6-9,12-14,26H,5,10-11H2,1-4H3. The summed E-state index contributed by atoms with van der Waals surface area (Å²) in [6, 6.07) is 9.36. The Morgan fingerprint density at radius 2 is 1.91 bits per heavy atom. The van der Waals surface area contributed by atoms with Gasteiger partial charge in [0.15, 0.2) is 11.5 Å². The number of ether oxygens (including phenoxy) is 2. The molecule has 0 aliphatic carbocycles. The SMILES string of the molecule is CCNc1nc2ccc(C)cn2c(=O)c1C=C1SC(=S)N(CCc2ccc(OC)c(OC)c2)C1=O. The minimum absolute atomic E-state index is 0.225. The smallest absolute Gasteiger partial charge is 0.267 e. The molecule has 8 nitrogen and oxygen atoms in total. The maximum Gasteiger partial charge on any atom is 0.267 e. The van der Waals surface area contributed by atoms with Crippen molar-refractivity contribution in [1.29, 1.82) is 0 Å². The second-order valence-electron chi connectivity index (χ2n) is 7.92. The Kier molecular flexibility index (Phi) is 7.42. The van der Waals surface area contributed by atoms with Crippen LogP contribution in [0.3, 0.4) is 0 Å². The van der Waals surface area contributed by atoms with Crippen LogP contribution in [0.2, 0.25) is 0 Å². The number of amides is 1. The molecule has 1 aromatic carbocycles. The molecule has 4 rings (SSSR count). The van der Waals surface area contributed by atoms with E-state index in [9.17, 15) is 9.59 Å². The van der Waals surface area contributed by atoms with Crippen LogP contribution in [0.25, 0.3) is 11.7 Å². The van der Waals surface area contributed by atoms with Crippen LogP contribution in [0.15, 0.2) is 46.2 Å². The molecule has 1 amide bonds. The minimum atomic E-state index is -0.245. The summed E-state index contributed by atoms with van der Waals surface area (Å²) in [6.45, 7) is 4.83. The van der Waals surface area contributed by atoms with Gasteiger partial charge in [-0.1, -0.05) is 36.1 Å². The van der Waals surface area contributed by atoms with Gasteiger partial charge in [-0.25, -0.2) is 4.98 Å². The number of nitrogens with one attached hydrogen (secondary N) is 1. The molecular formula is C25H26N4O4S2. The lowest BCUT2D eigenvalue weighted by Gasteiger charge is -2.15. The number of carbonyl (C=O) groups excluding carboxylic acids is 1. The monoisotopic (exact) mass is 510 g/mol. The summed E-state index contributed by atoms with van der Waals surface area (Å²) in [5.74, 6) is 1.49. The number of benzene rings is 1. The van der Waals surface area contributed by atoms with E-state index in [4.69, 9.17) is 21.7 Å². The fourth-order valence-corrected chi connectivity index (χ4v) is 5.08. The molecule has 10 heteroatoms. The Labute approximate surface area is 212 Å². The van der Waals surface area contributed by atoms with Crippen molar-refractivity contribution in [3.63, 3.8) is 0 Å². The molecule has 35 heavy (non-hydrogen) atoms. The average Bonchev–Trinajstić information content (AvgIpc) is 3.12. The van der Waals surface area contributed by atoms with Crippen molar-refractivity contribution in [2.45, 2.75) is 20.3 Å². The Morgan fingerprint density at radius 1 is 1.14 bits per heavy atom. The van der Waals surface area contributed by atoms with Gasteiger partial charge in [-0.05, 0) is 55.7 Å². The highest BCUT2D eigenvalue weighted by molar-refractivity contribution is 8.26. The fourth-order valence-electron chi connectivity index (χ4n) is 3.79. The van der Waals surface area contributed by atoms with Gasteiger partial charge in [-0.15, -0.1) is 0 Å². The van der Waals surface area contributed by atoms with Gasteiger partial charge in [0, 0.05) is 19.3 Å². The largest absolute Gasteiger partial charge is 0.493 e. The molecule has 1 N–H and O–H groups in total. The maximum absolute atomic E-state index is 13.3. The molecule has 0 atom stereocenters. The number of hydrogen-bond acceptors (Lipinski definition) is 8. The van der Waals surface area contributed by atoms with Crippen molar-refractivity contribution >= 4 is 51.7 Å². The zero-order valence-electron chi connectivity index (χ0n) is 20.0. The van der Waals surface area contributed by atoms with E-state index in [0.717, 1.165) is 11.1 Å². The number of pyridine rings is 1. The number of carbonyl (C=O) groups is 1. The minimum Gasteiger partial charge on any atom is -0.493 e. The summed E-state index contributed by atoms with van der Waals surface area (Å²) in [4.78, 5) is 33.1. The van der Waals surface area contributed by atoms with Gasteiger partial charge in [-0.3, -0.25) is 18.9 Å². The van der Waals surface area contributed by atoms with E-state index in [1.54, 1.807) is 37.5 Å². The Bertz CT molecular complexity index is 1400. The second-order valence-corrected chi connectivity index (χ2v) is 9.59. The summed E-state index contributed by atoms with van der Waals surface area (Å²) in [5, 5.41) is 3.14. The number of nitrogens with zero attached hydrogens (tertiary/aromatic N) is 3. The molecule has 3 aromatic rings. The predicted octanol–water partition coefficient (Wildman–Crippen LogP) is 3.90. The maximum atomic E-state index is 13.3. The topological polar surface area (TPSA) is 85.2 Å². The van der Waals surface area contributed by atoms with Crippen LogP contribution in [0.5, 0.6) is 11.5 Å². The third kappa shape index (κ3) is 5.03.